The van der Waals surface area contributed by atoms with Gasteiger partial charge in [0, 0.05) is 11.6 Å². The van der Waals surface area contributed by atoms with Crippen LogP contribution < -0.4 is 14.8 Å². The Kier molecular flexibility index (Phi) is 5.67. The highest BCUT2D eigenvalue weighted by atomic mass is 16.5. The molecule has 0 aliphatic heterocycles. The van der Waals surface area contributed by atoms with Gasteiger partial charge in [-0.1, -0.05) is 0 Å². The lowest BCUT2D eigenvalue weighted by molar-refractivity contribution is -0.137. The number of carboxylic acids is 1. The van der Waals surface area contributed by atoms with Gasteiger partial charge in [-0.2, -0.15) is 10.2 Å². The van der Waals surface area contributed by atoms with Crippen LogP contribution in [0.15, 0.2) is 36.7 Å². The number of amides is 1. The predicted octanol–water partition coefficient (Wildman–Crippen LogP) is 1.44. The number of carbonyl (C=O) groups is 2. The molecule has 1 heterocycles. The van der Waals surface area contributed by atoms with E-state index in [1.165, 1.54) is 32.7 Å². The topological polar surface area (TPSA) is 111 Å². The van der Waals surface area contributed by atoms with E-state index in [2.05, 4.69) is 15.5 Å². The lowest BCUT2D eigenvalue weighted by Gasteiger charge is -2.20. The summed E-state index contributed by atoms with van der Waals surface area (Å²) in [7, 11) is 2.98. The van der Waals surface area contributed by atoms with Gasteiger partial charge in [0.05, 0.1) is 44.6 Å². The molecule has 0 bridgehead atoms. The zero-order valence-electron chi connectivity index (χ0n) is 13.2. The molecule has 2 N–H and O–H groups in total. The molecule has 0 fully saturated rings. The van der Waals surface area contributed by atoms with Crippen molar-refractivity contribution < 1.29 is 24.2 Å². The van der Waals surface area contributed by atoms with Crippen molar-refractivity contribution >= 4 is 11.9 Å². The van der Waals surface area contributed by atoms with Crippen molar-refractivity contribution in [2.45, 2.75) is 12.5 Å². The van der Waals surface area contributed by atoms with E-state index in [4.69, 9.17) is 14.6 Å². The van der Waals surface area contributed by atoms with Crippen LogP contribution in [-0.2, 0) is 4.79 Å². The number of hydrogen-bond acceptors (Lipinski definition) is 6. The van der Waals surface area contributed by atoms with Crippen LogP contribution in [0, 0.1) is 0 Å². The van der Waals surface area contributed by atoms with Crippen molar-refractivity contribution in [3.63, 3.8) is 0 Å². The number of carbonyl (C=O) groups excluding carboxylic acids is 1. The summed E-state index contributed by atoms with van der Waals surface area (Å²) < 4.78 is 10.4. The Balaban J connectivity index is 2.31. The summed E-state index contributed by atoms with van der Waals surface area (Å²) in [5.74, 6) is -0.511. The number of aliphatic carboxylic acids is 1. The molecule has 8 heteroatoms. The number of methoxy groups -OCH3 is 2. The molecule has 1 atom stereocenters. The van der Waals surface area contributed by atoms with Crippen LogP contribution >= 0.6 is 0 Å². The fourth-order valence-electron chi connectivity index (χ4n) is 2.19. The monoisotopic (exact) mass is 331 g/mol. The summed E-state index contributed by atoms with van der Waals surface area (Å²) in [5, 5.41) is 19.1. The summed E-state index contributed by atoms with van der Waals surface area (Å²) in [6.07, 6.45) is 2.39. The second kappa shape index (κ2) is 7.91. The molecule has 1 aromatic heterocycles. The second-order valence-corrected chi connectivity index (χ2v) is 4.86. The summed E-state index contributed by atoms with van der Waals surface area (Å²) in [6.45, 7) is 0. The first kappa shape index (κ1) is 17.2. The molecule has 126 valence electrons. The van der Waals surface area contributed by atoms with Gasteiger partial charge in [0.1, 0.15) is 11.5 Å². The van der Waals surface area contributed by atoms with Crippen LogP contribution in [0.3, 0.4) is 0 Å². The molecule has 0 unspecified atom stereocenters. The van der Waals surface area contributed by atoms with Gasteiger partial charge in [0.15, 0.2) is 0 Å². The molecule has 24 heavy (non-hydrogen) atoms. The van der Waals surface area contributed by atoms with Gasteiger partial charge in [0.25, 0.3) is 5.91 Å². The summed E-state index contributed by atoms with van der Waals surface area (Å²) in [4.78, 5) is 23.5. The Bertz CT molecular complexity index is 721. The van der Waals surface area contributed by atoms with E-state index in [0.29, 0.717) is 17.1 Å². The molecule has 0 spiro atoms. The number of benzene rings is 1. The highest BCUT2D eigenvalue weighted by Gasteiger charge is 2.22. The van der Waals surface area contributed by atoms with Gasteiger partial charge in [-0.05, 0) is 18.2 Å². The van der Waals surface area contributed by atoms with Gasteiger partial charge >= 0.3 is 5.97 Å². The Hall–Kier alpha value is -3.16. The molecular weight excluding hydrogens is 314 g/mol. The normalized spacial score (nSPS) is 11.4. The molecule has 2 aromatic rings. The Morgan fingerprint density at radius 3 is 2.58 bits per heavy atom. The zero-order valence-corrected chi connectivity index (χ0v) is 13.2. The number of aromatic nitrogens is 2. The highest BCUT2D eigenvalue weighted by molar-refractivity contribution is 5.94. The third kappa shape index (κ3) is 4.19. The number of carboxylic acid groups (broad SMARTS) is 1. The smallest absolute Gasteiger partial charge is 0.305 e. The Morgan fingerprint density at radius 2 is 2.00 bits per heavy atom. The first-order chi connectivity index (χ1) is 11.5. The molecule has 2 rings (SSSR count). The van der Waals surface area contributed by atoms with Crippen LogP contribution in [0.5, 0.6) is 11.5 Å². The minimum Gasteiger partial charge on any atom is -0.497 e. The number of rotatable bonds is 7. The van der Waals surface area contributed by atoms with Crippen LogP contribution in [-0.4, -0.2) is 41.4 Å². The van der Waals surface area contributed by atoms with E-state index < -0.39 is 17.9 Å². The SMILES string of the molecule is COc1ccc([C@H](CC(=O)O)NC(=O)c2ccnnc2)c(OC)c1. The molecule has 1 amide bonds. The summed E-state index contributed by atoms with van der Waals surface area (Å²) in [5.41, 5.74) is 0.823. The average molecular weight is 331 g/mol. The van der Waals surface area contributed by atoms with Gasteiger partial charge in [-0.3, -0.25) is 9.59 Å². The Labute approximate surface area is 138 Å². The van der Waals surface area contributed by atoms with Crippen LogP contribution in [0.2, 0.25) is 0 Å². The number of ether oxygens (including phenoxy) is 2. The van der Waals surface area contributed by atoms with E-state index >= 15 is 0 Å². The van der Waals surface area contributed by atoms with Gasteiger partial charge < -0.3 is 19.9 Å². The molecule has 0 saturated carbocycles. The van der Waals surface area contributed by atoms with E-state index in [1.54, 1.807) is 18.2 Å². The maximum atomic E-state index is 12.3. The first-order valence-corrected chi connectivity index (χ1v) is 7.06. The van der Waals surface area contributed by atoms with Crippen molar-refractivity contribution in [3.05, 3.63) is 47.8 Å². The van der Waals surface area contributed by atoms with Crippen molar-refractivity contribution in [1.82, 2.24) is 15.5 Å². The van der Waals surface area contributed by atoms with Crippen molar-refractivity contribution in [2.75, 3.05) is 14.2 Å². The molecule has 0 aliphatic carbocycles. The van der Waals surface area contributed by atoms with Crippen LogP contribution in [0.1, 0.15) is 28.4 Å². The maximum Gasteiger partial charge on any atom is 0.305 e. The fraction of sp³-hybridized carbons (Fsp3) is 0.250. The molecule has 1 aromatic carbocycles. The molecule has 8 nitrogen and oxygen atoms in total. The van der Waals surface area contributed by atoms with Crippen molar-refractivity contribution in [1.29, 1.82) is 0 Å². The second-order valence-electron chi connectivity index (χ2n) is 4.86. The van der Waals surface area contributed by atoms with E-state index in [1.807, 2.05) is 0 Å². The van der Waals surface area contributed by atoms with Crippen LogP contribution in [0.25, 0.3) is 0 Å². The highest BCUT2D eigenvalue weighted by Crippen LogP contribution is 2.31. The third-order valence-corrected chi connectivity index (χ3v) is 3.35. The number of hydrogen-bond donors (Lipinski definition) is 2. The van der Waals surface area contributed by atoms with Gasteiger partial charge in [-0.25, -0.2) is 0 Å². The lowest BCUT2D eigenvalue weighted by Crippen LogP contribution is -2.30. The van der Waals surface area contributed by atoms with Gasteiger partial charge in [-0.15, -0.1) is 0 Å². The zero-order chi connectivity index (χ0) is 17.5. The number of nitrogens with zero attached hydrogens (tertiary/aromatic N) is 2. The minimum absolute atomic E-state index is 0.285. The van der Waals surface area contributed by atoms with E-state index in [0.717, 1.165) is 0 Å². The Morgan fingerprint density at radius 1 is 1.21 bits per heavy atom. The molecule has 0 radical (unpaired) electrons. The standard InChI is InChI=1S/C16H17N3O5/c1-23-11-3-4-12(14(7-11)24-2)13(8-15(20)21)19-16(22)10-5-6-17-18-9-10/h3-7,9,13H,8H2,1-2H3,(H,19,22)(H,20,21)/t13-/m0/s1. The molecular formula is C16H17N3O5. The average Bonchev–Trinajstić information content (AvgIpc) is 2.60. The summed E-state index contributed by atoms with van der Waals surface area (Å²) >= 11 is 0. The third-order valence-electron chi connectivity index (χ3n) is 3.35. The quantitative estimate of drug-likeness (QED) is 0.789. The summed E-state index contributed by atoms with van der Waals surface area (Å²) in [6, 6.07) is 5.68. The predicted molar refractivity (Wildman–Crippen MR) is 84.0 cm³/mol. The first-order valence-electron chi connectivity index (χ1n) is 7.06. The number of nitrogens with one attached hydrogen (secondary N) is 1. The van der Waals surface area contributed by atoms with Gasteiger partial charge in [0.2, 0.25) is 0 Å². The molecule has 0 aliphatic rings. The maximum absolute atomic E-state index is 12.3. The molecule has 0 saturated heterocycles. The largest absolute Gasteiger partial charge is 0.497 e. The van der Waals surface area contributed by atoms with Crippen LogP contribution in [0.4, 0.5) is 0 Å². The van der Waals surface area contributed by atoms with Crippen molar-refractivity contribution in [2.24, 2.45) is 0 Å². The van der Waals surface area contributed by atoms with E-state index in [9.17, 15) is 9.59 Å². The minimum atomic E-state index is -1.05. The lowest BCUT2D eigenvalue weighted by atomic mass is 10.0. The van der Waals surface area contributed by atoms with Crippen molar-refractivity contribution in [3.8, 4) is 11.5 Å². The van der Waals surface area contributed by atoms with E-state index in [-0.39, 0.29) is 12.0 Å². The fourth-order valence-corrected chi connectivity index (χ4v) is 2.19.